The molecule has 1 aliphatic carbocycles. The minimum Gasteiger partial charge on any atom is -0.378 e. The van der Waals surface area contributed by atoms with E-state index in [9.17, 15) is 23.1 Å². The summed E-state index contributed by atoms with van der Waals surface area (Å²) in [5.74, 6) is -2.20. The highest BCUT2D eigenvalue weighted by molar-refractivity contribution is 5.99. The van der Waals surface area contributed by atoms with E-state index in [-0.39, 0.29) is 34.0 Å². The Kier molecular flexibility index (Phi) is 5.22. The van der Waals surface area contributed by atoms with E-state index in [0.717, 1.165) is 5.69 Å². The van der Waals surface area contributed by atoms with Gasteiger partial charge >= 0.3 is 6.18 Å². The lowest BCUT2D eigenvalue weighted by molar-refractivity contribution is -0.314. The molecule has 160 valence electrons. The van der Waals surface area contributed by atoms with Crippen molar-refractivity contribution < 1.29 is 23.1 Å². The van der Waals surface area contributed by atoms with Crippen LogP contribution in [0.2, 0.25) is 0 Å². The normalized spacial score (nSPS) is 27.5. The molecule has 0 aromatic heterocycles. The first kappa shape index (κ1) is 21.6. The molecule has 5 nitrogen and oxygen atoms in total. The van der Waals surface area contributed by atoms with E-state index < -0.39 is 23.7 Å². The Morgan fingerprint density at radius 2 is 1.79 bits per heavy atom. The summed E-state index contributed by atoms with van der Waals surface area (Å²) in [6, 6.07) is 6.20. The summed E-state index contributed by atoms with van der Waals surface area (Å²) in [5.41, 5.74) is -2.42. The summed E-state index contributed by atoms with van der Waals surface area (Å²) >= 11 is 0. The number of carbonyl (C=O) groups is 1. The van der Waals surface area contributed by atoms with Crippen LogP contribution in [0.5, 0.6) is 0 Å². The monoisotopic (exact) mass is 411 g/mol. The number of hydrogen-bond acceptors (Lipinski definition) is 4. The molecule has 29 heavy (non-hydrogen) atoms. The first-order valence-electron chi connectivity index (χ1n) is 9.75. The molecule has 1 aromatic carbocycles. The highest BCUT2D eigenvalue weighted by Crippen LogP contribution is 2.52. The van der Waals surface area contributed by atoms with Gasteiger partial charge in [-0.05, 0) is 54.9 Å². The van der Waals surface area contributed by atoms with Gasteiger partial charge < -0.3 is 10.0 Å². The Bertz CT molecular complexity index is 812. The number of carbonyl (C=O) groups excluding carboxylic acids is 1. The van der Waals surface area contributed by atoms with Gasteiger partial charge in [-0.2, -0.15) is 23.3 Å². The third kappa shape index (κ3) is 3.63. The van der Waals surface area contributed by atoms with Crippen molar-refractivity contribution in [3.63, 3.8) is 0 Å². The summed E-state index contributed by atoms with van der Waals surface area (Å²) in [6.45, 7) is 5.95. The molecular weight excluding hydrogens is 383 g/mol. The average molecular weight is 411 g/mol. The van der Waals surface area contributed by atoms with Crippen molar-refractivity contribution in [1.29, 1.82) is 0 Å². The molecule has 3 atom stereocenters. The van der Waals surface area contributed by atoms with Gasteiger partial charge in [0.15, 0.2) is 0 Å². The Morgan fingerprint density at radius 3 is 2.28 bits per heavy atom. The number of nitrogens with zero attached hydrogens (tertiary/aromatic N) is 3. The van der Waals surface area contributed by atoms with Crippen LogP contribution >= 0.6 is 0 Å². The second kappa shape index (κ2) is 7.00. The van der Waals surface area contributed by atoms with Crippen LogP contribution in [0, 0.1) is 17.3 Å². The van der Waals surface area contributed by atoms with Crippen LogP contribution in [0.4, 0.5) is 18.9 Å². The number of halogens is 3. The molecule has 0 unspecified atom stereocenters. The lowest BCUT2D eigenvalue weighted by Crippen LogP contribution is -2.62. The summed E-state index contributed by atoms with van der Waals surface area (Å²) in [6.07, 6.45) is -3.86. The predicted octanol–water partition coefficient (Wildman–Crippen LogP) is 4.28. The minimum atomic E-state index is -5.03. The van der Waals surface area contributed by atoms with Crippen molar-refractivity contribution in [1.82, 2.24) is 5.01 Å². The lowest BCUT2D eigenvalue weighted by Gasteiger charge is -2.42. The minimum absolute atomic E-state index is 0.00486. The number of rotatable bonds is 2. The second-order valence-electron chi connectivity index (χ2n) is 9.26. The van der Waals surface area contributed by atoms with Crippen LogP contribution in [-0.4, -0.2) is 47.7 Å². The summed E-state index contributed by atoms with van der Waals surface area (Å²) < 4.78 is 42.3. The number of hydrogen-bond donors (Lipinski definition) is 1. The lowest BCUT2D eigenvalue weighted by atomic mass is 9.66. The SMILES string of the molecule is CN(C)c1ccc(C(=O)N2N=C3CC[C@H](C(C)(C)C)C[C@H]3[C@]2(O)C(F)(F)F)cc1. The summed E-state index contributed by atoms with van der Waals surface area (Å²) in [4.78, 5) is 14.8. The van der Waals surface area contributed by atoms with Crippen LogP contribution in [0.15, 0.2) is 29.4 Å². The van der Waals surface area contributed by atoms with Gasteiger partial charge in [0.25, 0.3) is 11.6 Å². The van der Waals surface area contributed by atoms with E-state index >= 15 is 0 Å². The van der Waals surface area contributed by atoms with E-state index in [1.807, 2.05) is 39.8 Å². The molecular formula is C21H28F3N3O2. The molecule has 2 aliphatic rings. The highest BCUT2D eigenvalue weighted by atomic mass is 19.4. The van der Waals surface area contributed by atoms with E-state index in [1.54, 1.807) is 12.1 Å². The van der Waals surface area contributed by atoms with Gasteiger partial charge in [-0.1, -0.05) is 20.8 Å². The van der Waals surface area contributed by atoms with Crippen molar-refractivity contribution in [3.05, 3.63) is 29.8 Å². The first-order valence-corrected chi connectivity index (χ1v) is 9.75. The molecule has 8 heteroatoms. The molecule has 1 fully saturated rings. The van der Waals surface area contributed by atoms with Crippen molar-refractivity contribution in [2.45, 2.75) is 51.9 Å². The standard InChI is InChI=1S/C21H28F3N3O2/c1-19(2,3)14-8-11-17-16(12-14)20(29,21(22,23)24)27(25-17)18(28)13-6-9-15(10-7-13)26(4)5/h6-7,9-10,14,16,29H,8,11-12H2,1-5H3/t14-,16+,20-/m0/s1. The average Bonchev–Trinajstić information content (AvgIpc) is 2.94. The van der Waals surface area contributed by atoms with Crippen LogP contribution < -0.4 is 4.90 Å². The van der Waals surface area contributed by atoms with E-state index in [2.05, 4.69) is 5.10 Å². The van der Waals surface area contributed by atoms with Crippen molar-refractivity contribution >= 4 is 17.3 Å². The van der Waals surface area contributed by atoms with Gasteiger partial charge in [-0.15, -0.1) is 0 Å². The molecule has 1 aliphatic heterocycles. The van der Waals surface area contributed by atoms with Crippen LogP contribution in [-0.2, 0) is 0 Å². The fourth-order valence-electron chi connectivity index (χ4n) is 4.23. The Labute approximate surface area is 169 Å². The van der Waals surface area contributed by atoms with E-state index in [0.29, 0.717) is 12.8 Å². The second-order valence-corrected chi connectivity index (χ2v) is 9.26. The molecule has 3 rings (SSSR count). The van der Waals surface area contributed by atoms with Gasteiger partial charge in [0.1, 0.15) is 0 Å². The van der Waals surface area contributed by atoms with E-state index in [1.165, 1.54) is 12.1 Å². The molecule has 1 heterocycles. The van der Waals surface area contributed by atoms with Gasteiger partial charge in [0.05, 0.1) is 5.92 Å². The predicted molar refractivity (Wildman–Crippen MR) is 106 cm³/mol. The molecule has 0 saturated heterocycles. The van der Waals surface area contributed by atoms with Gasteiger partial charge in [-0.3, -0.25) is 4.79 Å². The van der Waals surface area contributed by atoms with Crippen molar-refractivity contribution in [2.75, 3.05) is 19.0 Å². The molecule has 0 spiro atoms. The maximum atomic E-state index is 14.1. The zero-order valence-electron chi connectivity index (χ0n) is 17.4. The number of alkyl halides is 3. The van der Waals surface area contributed by atoms with Crippen molar-refractivity contribution in [2.24, 2.45) is 22.4 Å². The zero-order chi connectivity index (χ0) is 21.8. The fourth-order valence-corrected chi connectivity index (χ4v) is 4.23. The first-order chi connectivity index (χ1) is 13.3. The Hall–Kier alpha value is -2.09. The highest BCUT2D eigenvalue weighted by Gasteiger charge is 2.69. The fraction of sp³-hybridized carbons (Fsp3) is 0.619. The quantitative estimate of drug-likeness (QED) is 0.790. The maximum Gasteiger partial charge on any atom is 0.439 e. The molecule has 1 N–H and O–H groups in total. The van der Waals surface area contributed by atoms with Gasteiger partial charge in [0.2, 0.25) is 0 Å². The Morgan fingerprint density at radius 1 is 1.21 bits per heavy atom. The number of benzene rings is 1. The van der Waals surface area contributed by atoms with E-state index in [4.69, 9.17) is 0 Å². The number of amides is 1. The third-order valence-electron chi connectivity index (χ3n) is 6.17. The molecule has 0 radical (unpaired) electrons. The smallest absolute Gasteiger partial charge is 0.378 e. The zero-order valence-corrected chi connectivity index (χ0v) is 17.4. The number of anilines is 1. The van der Waals surface area contributed by atoms with Crippen LogP contribution in [0.25, 0.3) is 0 Å². The van der Waals surface area contributed by atoms with Gasteiger partial charge in [0, 0.05) is 31.1 Å². The molecule has 1 aromatic rings. The van der Waals surface area contributed by atoms with Gasteiger partial charge in [-0.25, -0.2) is 0 Å². The topological polar surface area (TPSA) is 56.1 Å². The Balaban J connectivity index is 1.98. The third-order valence-corrected chi connectivity index (χ3v) is 6.17. The molecule has 0 bridgehead atoms. The van der Waals surface area contributed by atoms with Crippen LogP contribution in [0.1, 0.15) is 50.4 Å². The molecule has 1 saturated carbocycles. The summed E-state index contributed by atoms with van der Waals surface area (Å²) in [7, 11) is 3.64. The number of hydrazone groups is 1. The van der Waals surface area contributed by atoms with Crippen LogP contribution in [0.3, 0.4) is 0 Å². The number of fused-ring (bicyclic) bond motifs is 1. The largest absolute Gasteiger partial charge is 0.439 e. The van der Waals surface area contributed by atoms with Crippen molar-refractivity contribution in [3.8, 4) is 0 Å². The maximum absolute atomic E-state index is 14.1. The molecule has 1 amide bonds. The summed E-state index contributed by atoms with van der Waals surface area (Å²) in [5, 5.41) is 15.2. The number of aliphatic hydroxyl groups is 1.